The molecule has 15 nitrogen and oxygen atoms in total. The van der Waals surface area contributed by atoms with Crippen LogP contribution in [0.1, 0.15) is 66.8 Å². The Kier molecular flexibility index (Phi) is 21.3. The number of ether oxygens (including phenoxy) is 15. The Labute approximate surface area is 529 Å². The van der Waals surface area contributed by atoms with Gasteiger partial charge in [-0.3, -0.25) is 0 Å². The fraction of sp³-hybridized carbons (Fsp3) is 0.440. The third-order valence-corrected chi connectivity index (χ3v) is 18.5. The second-order valence-electron chi connectivity index (χ2n) is 24.2. The van der Waals surface area contributed by atoms with Crippen LogP contribution in [-0.2, 0) is 149 Å². The number of fused-ring (bicyclic) bond motifs is 6. The Balaban J connectivity index is 1.01. The van der Waals surface area contributed by atoms with E-state index in [1.807, 2.05) is 18.2 Å². The molecule has 90 heavy (non-hydrogen) atoms. The van der Waals surface area contributed by atoms with Gasteiger partial charge >= 0.3 is 0 Å². The molecule has 0 amide bonds. The molecule has 0 spiro atoms. The highest BCUT2D eigenvalue weighted by molar-refractivity contribution is 5.35. The number of rotatable bonds is 9. The van der Waals surface area contributed by atoms with Crippen LogP contribution in [0, 0.1) is 0 Å². The van der Waals surface area contributed by atoms with E-state index in [1.54, 1.807) is 18.2 Å². The molecule has 15 heteroatoms. The van der Waals surface area contributed by atoms with Gasteiger partial charge in [0.05, 0.1) is 79.3 Å². The highest BCUT2D eigenvalue weighted by Gasteiger charge is 2.59. The summed E-state index contributed by atoms with van der Waals surface area (Å²) in [5.74, 6) is 0. The number of aryl methyl sites for hydroxylation is 6. The van der Waals surface area contributed by atoms with E-state index in [0.29, 0.717) is 19.8 Å². The molecule has 0 aromatic heterocycles. The molecule has 0 radical (unpaired) electrons. The first-order valence-corrected chi connectivity index (χ1v) is 32.1. The molecular weight excluding hydrogens is 1140 g/mol. The van der Waals surface area contributed by atoms with E-state index >= 15 is 0 Å². The fourth-order valence-corrected chi connectivity index (χ4v) is 13.8. The molecule has 0 unspecified atom stereocenters. The predicted octanol–water partition coefficient (Wildman–Crippen LogP) is 10.7. The molecule has 9 saturated heterocycles. The first kappa shape index (κ1) is 62.7. The van der Waals surface area contributed by atoms with Gasteiger partial charge in [-0.25, -0.2) is 0 Å². The van der Waals surface area contributed by atoms with Crippen molar-refractivity contribution in [2.24, 2.45) is 0 Å². The Bertz CT molecular complexity index is 2990. The number of hydrogen-bond acceptors (Lipinski definition) is 15. The van der Waals surface area contributed by atoms with Crippen LogP contribution in [-0.4, -0.2) is 132 Å². The average molecular weight is 1230 g/mol. The molecule has 9 fully saturated rings. The minimum absolute atomic E-state index is 0.0414. The molecule has 12 heterocycles. The predicted molar refractivity (Wildman–Crippen MR) is 336 cm³/mol. The SMILES string of the molecule is C=CCO[C@H]1[C@H]2O[C@H]3[C@@H]4OCc5ccccc5CCc5ccccc5COC[C@H]3O[C@H](O[C@H]3[C@@H]5OCc6ccccc6CCc6ccccc6COC[C@H]3O[C@H](O[C@H]3[C@@H]1OCc1ccccc1CCc1ccccc1COC[C@H]3O2)[C@@H]5OCC=C)[C@@H]4OCC=C. The van der Waals surface area contributed by atoms with Crippen LogP contribution in [0.15, 0.2) is 184 Å². The van der Waals surface area contributed by atoms with Crippen LogP contribution in [0.3, 0.4) is 0 Å². The first-order chi connectivity index (χ1) is 44.5. The molecular formula is C75H84O15. The van der Waals surface area contributed by atoms with Gasteiger partial charge in [-0.05, 0) is 105 Å². The van der Waals surface area contributed by atoms with Crippen LogP contribution in [0.2, 0.25) is 0 Å². The summed E-state index contributed by atoms with van der Waals surface area (Å²) in [4.78, 5) is 0. The van der Waals surface area contributed by atoms with Crippen molar-refractivity contribution in [2.45, 2.75) is 170 Å². The van der Waals surface area contributed by atoms with Crippen molar-refractivity contribution in [3.05, 3.63) is 250 Å². The van der Waals surface area contributed by atoms with Gasteiger partial charge in [0.1, 0.15) is 73.2 Å². The number of hydrogen-bond donors (Lipinski definition) is 0. The van der Waals surface area contributed by atoms with E-state index in [4.69, 9.17) is 71.1 Å². The maximum absolute atomic E-state index is 7.66. The molecule has 0 N–H and O–H groups in total. The first-order valence-electron chi connectivity index (χ1n) is 32.1. The third kappa shape index (κ3) is 14.6. The molecule has 474 valence electrons. The Morgan fingerprint density at radius 2 is 0.511 bits per heavy atom. The fourth-order valence-electron chi connectivity index (χ4n) is 13.8. The average Bonchev–Trinajstić information content (AvgIpc) is 1.65. The lowest BCUT2D eigenvalue weighted by atomic mass is 9.95. The van der Waals surface area contributed by atoms with Crippen LogP contribution in [0.5, 0.6) is 0 Å². The van der Waals surface area contributed by atoms with Crippen LogP contribution in [0.4, 0.5) is 0 Å². The van der Waals surface area contributed by atoms with E-state index in [2.05, 4.69) is 147 Å². The van der Waals surface area contributed by atoms with Crippen LogP contribution < -0.4 is 0 Å². The van der Waals surface area contributed by atoms with Crippen molar-refractivity contribution in [3.63, 3.8) is 0 Å². The Hall–Kier alpha value is -6.06. The lowest BCUT2D eigenvalue weighted by Crippen LogP contribution is -2.66. The van der Waals surface area contributed by atoms with Gasteiger partial charge < -0.3 is 71.1 Å². The molecule has 12 aliphatic heterocycles. The second-order valence-corrected chi connectivity index (χ2v) is 24.2. The Morgan fingerprint density at radius 3 is 0.744 bits per heavy atom. The maximum Gasteiger partial charge on any atom is 0.187 e. The van der Waals surface area contributed by atoms with Crippen molar-refractivity contribution >= 4 is 0 Å². The second kappa shape index (κ2) is 30.6. The smallest absolute Gasteiger partial charge is 0.187 e. The van der Waals surface area contributed by atoms with E-state index < -0.39 is 92.1 Å². The Morgan fingerprint density at radius 1 is 0.289 bits per heavy atom. The summed E-state index contributed by atoms with van der Waals surface area (Å²) in [6.45, 7) is 14.2. The van der Waals surface area contributed by atoms with Gasteiger partial charge in [0.15, 0.2) is 18.9 Å². The molecule has 6 aromatic carbocycles. The van der Waals surface area contributed by atoms with Crippen molar-refractivity contribution in [3.8, 4) is 0 Å². The van der Waals surface area contributed by atoms with E-state index in [9.17, 15) is 0 Å². The summed E-state index contributed by atoms with van der Waals surface area (Å²) in [6.07, 6.45) is -5.06. The molecule has 18 rings (SSSR count). The summed E-state index contributed by atoms with van der Waals surface area (Å²) >= 11 is 0. The standard InChI is InChI=1S/C75H84O15/c1-4-37-79-70-67-64-61(46-76-40-55-25-13-7-19-49(55)31-34-52-22-10-16-28-58(52)43-82-67)85-73(70)88-65-62-47-77-41-56-26-14-8-20-50(56)32-35-53-23-11-17-29-59(53)44-83-68(65)71(80-38-5-2)75(86-62)90-66-63-48-78-42-57-27-15-9-21-51(57)33-36-54-24-12-18-30-60(54)45-84-69(66)72(81-39-6-3)74(87-63)89-64/h4-30,61-75H,1-3,31-48H2/t61-,62-,63-,64-,65-,66-,67+,68+,69+,70-,71-,72-,73-,74-,75-/m1/s1. The molecule has 0 saturated carbocycles. The van der Waals surface area contributed by atoms with Crippen LogP contribution in [0.25, 0.3) is 0 Å². The summed E-state index contributed by atoms with van der Waals surface area (Å²) in [5, 5.41) is 0. The van der Waals surface area contributed by atoms with Crippen molar-refractivity contribution in [1.82, 2.24) is 0 Å². The lowest BCUT2D eigenvalue weighted by Gasteiger charge is -2.50. The zero-order valence-electron chi connectivity index (χ0n) is 51.2. The van der Waals surface area contributed by atoms with Crippen molar-refractivity contribution < 1.29 is 71.1 Å². The van der Waals surface area contributed by atoms with E-state index in [1.165, 1.54) is 16.7 Å². The highest BCUT2D eigenvalue weighted by Crippen LogP contribution is 2.42. The monoisotopic (exact) mass is 1220 g/mol. The summed E-state index contributed by atoms with van der Waals surface area (Å²) < 4.78 is 109. The lowest BCUT2D eigenvalue weighted by molar-refractivity contribution is -0.377. The van der Waals surface area contributed by atoms with Crippen molar-refractivity contribution in [1.29, 1.82) is 0 Å². The zero-order valence-corrected chi connectivity index (χ0v) is 51.2. The van der Waals surface area contributed by atoms with Gasteiger partial charge in [0.25, 0.3) is 0 Å². The maximum atomic E-state index is 7.66. The molecule has 0 aliphatic carbocycles. The van der Waals surface area contributed by atoms with E-state index in [-0.39, 0.29) is 59.5 Å². The van der Waals surface area contributed by atoms with Crippen LogP contribution >= 0.6 is 0 Å². The largest absolute Gasteiger partial charge is 0.374 e. The van der Waals surface area contributed by atoms with Gasteiger partial charge in [-0.1, -0.05) is 164 Å². The molecule has 6 aromatic rings. The molecule has 12 aliphatic rings. The van der Waals surface area contributed by atoms with Gasteiger partial charge in [0, 0.05) is 0 Å². The highest BCUT2D eigenvalue weighted by atomic mass is 16.8. The minimum atomic E-state index is -1.18. The van der Waals surface area contributed by atoms with Gasteiger partial charge in [-0.15, -0.1) is 19.7 Å². The van der Waals surface area contributed by atoms with Crippen molar-refractivity contribution in [2.75, 3.05) is 39.6 Å². The molecule has 12 bridgehead atoms. The topological polar surface area (TPSA) is 138 Å². The van der Waals surface area contributed by atoms with Gasteiger partial charge in [-0.2, -0.15) is 0 Å². The van der Waals surface area contributed by atoms with Gasteiger partial charge in [0.2, 0.25) is 0 Å². The summed E-state index contributed by atoms with van der Waals surface area (Å²) in [6, 6.07) is 50.6. The molecule has 15 atom stereocenters. The normalized spacial score (nSPS) is 30.9. The summed E-state index contributed by atoms with van der Waals surface area (Å²) in [7, 11) is 0. The quantitative estimate of drug-likeness (QED) is 0.127. The third-order valence-electron chi connectivity index (χ3n) is 18.5. The number of benzene rings is 6. The minimum Gasteiger partial charge on any atom is -0.374 e. The van der Waals surface area contributed by atoms with E-state index in [0.717, 1.165) is 88.6 Å². The zero-order chi connectivity index (χ0) is 61.0. The summed E-state index contributed by atoms with van der Waals surface area (Å²) in [5.41, 5.74) is 13.3.